The first-order chi connectivity index (χ1) is 10.2. The lowest BCUT2D eigenvalue weighted by molar-refractivity contribution is -0.141. The number of hydrogen-bond donors (Lipinski definition) is 1. The van der Waals surface area contributed by atoms with Crippen molar-refractivity contribution < 1.29 is 9.53 Å². The van der Waals surface area contributed by atoms with Crippen LogP contribution in [0, 0.1) is 6.92 Å². The van der Waals surface area contributed by atoms with E-state index in [1.54, 1.807) is 6.20 Å². The minimum absolute atomic E-state index is 0.136. The molecule has 0 saturated carbocycles. The fourth-order valence-electron chi connectivity index (χ4n) is 2.92. The molecule has 0 aliphatic carbocycles. The smallest absolute Gasteiger partial charge is 0.251 e. The molecular weight excluding hydrogens is 268 g/mol. The second kappa shape index (κ2) is 5.89. The summed E-state index contributed by atoms with van der Waals surface area (Å²) in [6.07, 6.45) is 3.40. The highest BCUT2D eigenvalue weighted by molar-refractivity contribution is 5.81. The summed E-state index contributed by atoms with van der Waals surface area (Å²) in [6.45, 7) is 5.62. The summed E-state index contributed by atoms with van der Waals surface area (Å²) in [5.74, 6) is 0.969. The number of hydrogen-bond acceptors (Lipinski definition) is 5. The van der Waals surface area contributed by atoms with Crippen molar-refractivity contribution in [2.24, 2.45) is 0 Å². The number of nitrogen functional groups attached to an aromatic ring is 1. The molecule has 6 heteroatoms. The number of aromatic nitrogens is 1. The van der Waals surface area contributed by atoms with Gasteiger partial charge in [0.05, 0.1) is 5.69 Å². The van der Waals surface area contributed by atoms with Crippen LogP contribution in [0.1, 0.15) is 18.4 Å². The van der Waals surface area contributed by atoms with Gasteiger partial charge in [-0.3, -0.25) is 4.79 Å². The highest BCUT2D eigenvalue weighted by Gasteiger charge is 2.30. The molecule has 0 radical (unpaired) electrons. The van der Waals surface area contributed by atoms with E-state index in [9.17, 15) is 4.79 Å². The normalized spacial score (nSPS) is 22.6. The van der Waals surface area contributed by atoms with Gasteiger partial charge in [-0.2, -0.15) is 0 Å². The van der Waals surface area contributed by atoms with E-state index in [1.165, 1.54) is 0 Å². The Hall–Kier alpha value is -1.82. The number of aryl methyl sites for hydroxylation is 1. The van der Waals surface area contributed by atoms with Gasteiger partial charge in [0.1, 0.15) is 6.10 Å². The minimum Gasteiger partial charge on any atom is -0.396 e. The van der Waals surface area contributed by atoms with E-state index < -0.39 is 0 Å². The molecule has 6 nitrogen and oxygen atoms in total. The standard InChI is InChI=1S/C15H22N4O2/c1-11-4-5-17-14(13(11)16)18-6-8-19(9-7-18)15(20)12-3-2-10-21-12/h4-5,12H,2-3,6-10,16H2,1H3. The Bertz CT molecular complexity index is 520. The number of anilines is 2. The summed E-state index contributed by atoms with van der Waals surface area (Å²) < 4.78 is 5.48. The van der Waals surface area contributed by atoms with Gasteiger partial charge in [0.15, 0.2) is 5.82 Å². The average molecular weight is 290 g/mol. The maximum absolute atomic E-state index is 12.3. The Labute approximate surface area is 124 Å². The van der Waals surface area contributed by atoms with Crippen molar-refractivity contribution >= 4 is 17.4 Å². The molecule has 3 rings (SSSR count). The molecule has 2 fully saturated rings. The summed E-state index contributed by atoms with van der Waals surface area (Å²) in [5.41, 5.74) is 7.88. The van der Waals surface area contributed by atoms with Crippen molar-refractivity contribution in [2.75, 3.05) is 43.4 Å². The number of nitrogens with two attached hydrogens (primary N) is 1. The number of pyridine rings is 1. The monoisotopic (exact) mass is 290 g/mol. The molecule has 2 saturated heterocycles. The predicted octanol–water partition coefficient (Wildman–Crippen LogP) is 0.800. The van der Waals surface area contributed by atoms with E-state index >= 15 is 0 Å². The third-order valence-corrected chi connectivity index (χ3v) is 4.28. The van der Waals surface area contributed by atoms with Crippen molar-refractivity contribution in [3.8, 4) is 0 Å². The molecule has 21 heavy (non-hydrogen) atoms. The van der Waals surface area contributed by atoms with Crippen LogP contribution in [-0.2, 0) is 9.53 Å². The van der Waals surface area contributed by atoms with E-state index in [4.69, 9.17) is 10.5 Å². The van der Waals surface area contributed by atoms with Crippen LogP contribution in [0.5, 0.6) is 0 Å². The predicted molar refractivity (Wildman–Crippen MR) is 81.2 cm³/mol. The lowest BCUT2D eigenvalue weighted by Crippen LogP contribution is -2.51. The number of carbonyl (C=O) groups excluding carboxylic acids is 1. The number of carbonyl (C=O) groups is 1. The molecule has 2 aliphatic rings. The van der Waals surface area contributed by atoms with E-state index in [-0.39, 0.29) is 12.0 Å². The maximum atomic E-state index is 12.3. The van der Waals surface area contributed by atoms with Gasteiger partial charge >= 0.3 is 0 Å². The molecule has 1 aromatic heterocycles. The van der Waals surface area contributed by atoms with Gasteiger partial charge in [-0.15, -0.1) is 0 Å². The Balaban J connectivity index is 1.62. The van der Waals surface area contributed by atoms with E-state index in [1.807, 2.05) is 17.9 Å². The third kappa shape index (κ3) is 2.81. The number of ether oxygens (including phenoxy) is 1. The number of amides is 1. The number of piperazine rings is 1. The first kappa shape index (κ1) is 14.1. The van der Waals surface area contributed by atoms with Crippen molar-refractivity contribution in [1.29, 1.82) is 0 Å². The summed E-state index contributed by atoms with van der Waals surface area (Å²) in [7, 11) is 0. The van der Waals surface area contributed by atoms with Gasteiger partial charge in [-0.1, -0.05) is 0 Å². The zero-order valence-corrected chi connectivity index (χ0v) is 12.4. The van der Waals surface area contributed by atoms with Crippen LogP contribution in [0.3, 0.4) is 0 Å². The van der Waals surface area contributed by atoms with E-state index in [0.29, 0.717) is 19.7 Å². The van der Waals surface area contributed by atoms with E-state index in [0.717, 1.165) is 43.0 Å². The van der Waals surface area contributed by atoms with Crippen molar-refractivity contribution in [1.82, 2.24) is 9.88 Å². The highest BCUT2D eigenvalue weighted by Crippen LogP contribution is 2.24. The van der Waals surface area contributed by atoms with Crippen LogP contribution in [0.15, 0.2) is 12.3 Å². The molecule has 2 aliphatic heterocycles. The van der Waals surface area contributed by atoms with E-state index in [2.05, 4.69) is 9.88 Å². The van der Waals surface area contributed by atoms with Gasteiger partial charge in [-0.05, 0) is 31.4 Å². The molecule has 1 aromatic rings. The third-order valence-electron chi connectivity index (χ3n) is 4.28. The molecule has 3 heterocycles. The summed E-state index contributed by atoms with van der Waals surface area (Å²) in [4.78, 5) is 20.7. The maximum Gasteiger partial charge on any atom is 0.251 e. The molecule has 1 atom stereocenters. The number of rotatable bonds is 2. The van der Waals surface area contributed by atoms with Crippen molar-refractivity contribution in [2.45, 2.75) is 25.9 Å². The summed E-state index contributed by atoms with van der Waals surface area (Å²) in [6, 6.07) is 1.91. The molecule has 114 valence electrons. The Morgan fingerprint density at radius 2 is 2.14 bits per heavy atom. The lowest BCUT2D eigenvalue weighted by Gasteiger charge is -2.36. The fourth-order valence-corrected chi connectivity index (χ4v) is 2.92. The Morgan fingerprint density at radius 1 is 1.38 bits per heavy atom. The molecule has 0 spiro atoms. The Morgan fingerprint density at radius 3 is 2.81 bits per heavy atom. The lowest BCUT2D eigenvalue weighted by atomic mass is 10.2. The molecular formula is C15H22N4O2. The molecule has 2 N–H and O–H groups in total. The molecule has 1 amide bonds. The molecule has 0 aromatic carbocycles. The topological polar surface area (TPSA) is 71.7 Å². The van der Waals surface area contributed by atoms with Gasteiger partial charge < -0.3 is 20.3 Å². The van der Waals surface area contributed by atoms with Gasteiger partial charge in [-0.25, -0.2) is 4.98 Å². The average Bonchev–Trinajstić information content (AvgIpc) is 3.04. The van der Waals surface area contributed by atoms with Crippen LogP contribution in [0.4, 0.5) is 11.5 Å². The van der Waals surface area contributed by atoms with Crippen molar-refractivity contribution in [3.05, 3.63) is 17.8 Å². The second-order valence-corrected chi connectivity index (χ2v) is 5.68. The highest BCUT2D eigenvalue weighted by atomic mass is 16.5. The number of nitrogens with zero attached hydrogens (tertiary/aromatic N) is 3. The van der Waals surface area contributed by atoms with Crippen LogP contribution in [-0.4, -0.2) is 54.7 Å². The fraction of sp³-hybridized carbons (Fsp3) is 0.600. The van der Waals surface area contributed by atoms with Gasteiger partial charge in [0, 0.05) is 39.0 Å². The van der Waals surface area contributed by atoms with Gasteiger partial charge in [0.2, 0.25) is 0 Å². The van der Waals surface area contributed by atoms with Gasteiger partial charge in [0.25, 0.3) is 5.91 Å². The Kier molecular flexibility index (Phi) is 3.96. The van der Waals surface area contributed by atoms with Crippen LogP contribution in [0.25, 0.3) is 0 Å². The zero-order chi connectivity index (χ0) is 14.8. The molecule has 1 unspecified atom stereocenters. The minimum atomic E-state index is -0.223. The molecule has 0 bridgehead atoms. The summed E-state index contributed by atoms with van der Waals surface area (Å²) >= 11 is 0. The first-order valence-electron chi connectivity index (χ1n) is 7.53. The SMILES string of the molecule is Cc1ccnc(N2CCN(C(=O)C3CCCO3)CC2)c1N. The van der Waals surface area contributed by atoms with Crippen LogP contribution >= 0.6 is 0 Å². The van der Waals surface area contributed by atoms with Crippen LogP contribution in [0.2, 0.25) is 0 Å². The van der Waals surface area contributed by atoms with Crippen molar-refractivity contribution in [3.63, 3.8) is 0 Å². The summed E-state index contributed by atoms with van der Waals surface area (Å²) in [5, 5.41) is 0. The quantitative estimate of drug-likeness (QED) is 0.872. The van der Waals surface area contributed by atoms with Crippen LogP contribution < -0.4 is 10.6 Å². The zero-order valence-electron chi connectivity index (χ0n) is 12.4. The largest absolute Gasteiger partial charge is 0.396 e. The first-order valence-corrected chi connectivity index (χ1v) is 7.53. The second-order valence-electron chi connectivity index (χ2n) is 5.68.